The second-order valence-electron chi connectivity index (χ2n) is 25.7. The van der Waals surface area contributed by atoms with Crippen LogP contribution in [-0.2, 0) is 0 Å². The number of benzene rings is 15. The SMILES string of the molecule is c1ccc(-c2nc(-c3ccc(-c4cncc(-c5ccc(-c6nc(-c7ccc(-c8cccnc8)cc7)cc(-c7ccc(-c8cc9c%10ccccc%10c%10ccccc%10c9c9ccccc89)cc7)n6)cc5)c4)cc3)cc(-c3ccc(-c4ccc5c6ccccc6c6ccccc6c5c4)cc3)n2)cc1. The van der Waals surface area contributed by atoms with Gasteiger partial charge in [-0.05, 0) is 156 Å². The molecule has 0 N–H and O–H groups in total. The largest absolute Gasteiger partial charge is 0.264 e. The van der Waals surface area contributed by atoms with Gasteiger partial charge in [0.05, 0.1) is 22.8 Å². The molecular formula is C94H58N6. The molecule has 0 atom stereocenters. The number of rotatable bonds is 11. The first-order valence-corrected chi connectivity index (χ1v) is 33.8. The van der Waals surface area contributed by atoms with Gasteiger partial charge < -0.3 is 0 Å². The number of pyridine rings is 2. The van der Waals surface area contributed by atoms with Gasteiger partial charge in [0.15, 0.2) is 11.6 Å². The second kappa shape index (κ2) is 24.3. The lowest BCUT2D eigenvalue weighted by Crippen LogP contribution is -1.96. The van der Waals surface area contributed by atoms with Gasteiger partial charge in [-0.25, -0.2) is 19.9 Å². The number of hydrogen-bond acceptors (Lipinski definition) is 6. The summed E-state index contributed by atoms with van der Waals surface area (Å²) in [6.45, 7) is 0. The van der Waals surface area contributed by atoms with Gasteiger partial charge in [0, 0.05) is 69.3 Å². The Morgan fingerprint density at radius 2 is 0.480 bits per heavy atom. The van der Waals surface area contributed by atoms with Gasteiger partial charge in [0.25, 0.3) is 0 Å². The van der Waals surface area contributed by atoms with Gasteiger partial charge >= 0.3 is 0 Å². The Balaban J connectivity index is 0.622. The van der Waals surface area contributed by atoms with Crippen molar-refractivity contribution in [1.82, 2.24) is 29.9 Å². The molecule has 0 unspecified atom stereocenters. The highest BCUT2D eigenvalue weighted by atomic mass is 14.9. The van der Waals surface area contributed by atoms with E-state index in [1.165, 1.54) is 86.5 Å². The molecule has 4 aromatic heterocycles. The second-order valence-corrected chi connectivity index (χ2v) is 25.7. The lowest BCUT2D eigenvalue weighted by molar-refractivity contribution is 1.18. The van der Waals surface area contributed by atoms with Crippen LogP contribution in [0.5, 0.6) is 0 Å². The van der Waals surface area contributed by atoms with Gasteiger partial charge in [-0.2, -0.15) is 0 Å². The van der Waals surface area contributed by atoms with Crippen LogP contribution in [0, 0.1) is 0 Å². The molecule has 0 saturated heterocycles. The summed E-state index contributed by atoms with van der Waals surface area (Å²) in [5, 5.41) is 17.6. The zero-order chi connectivity index (χ0) is 66.0. The number of fused-ring (bicyclic) bond motifs is 14. The van der Waals surface area contributed by atoms with Crippen molar-refractivity contribution >= 4 is 75.4 Å². The molecule has 19 aromatic rings. The molecule has 0 amide bonds. The van der Waals surface area contributed by atoms with Crippen LogP contribution < -0.4 is 0 Å². The third-order valence-electron chi connectivity index (χ3n) is 19.9. The minimum absolute atomic E-state index is 0.635. The molecule has 0 aliphatic rings. The zero-order valence-electron chi connectivity index (χ0n) is 54.2. The number of nitrogens with zero attached hydrogens (tertiary/aromatic N) is 6. The van der Waals surface area contributed by atoms with E-state index in [4.69, 9.17) is 24.9 Å². The van der Waals surface area contributed by atoms with E-state index in [0.717, 1.165) is 101 Å². The van der Waals surface area contributed by atoms with E-state index in [0.29, 0.717) is 11.6 Å². The van der Waals surface area contributed by atoms with Crippen molar-refractivity contribution in [3.8, 4) is 123 Å². The van der Waals surface area contributed by atoms with Crippen molar-refractivity contribution in [1.29, 1.82) is 0 Å². The standard InChI is InChI=1S/C94H58N6/c1-2-15-68(16-3-1)93-97-88(64-38-28-59(29-39-64)70-48-49-82-76-20-5-4-18-74(76)75-19-6-8-23-79(75)86(82)52-70)54-89(98-93)66-42-32-61(33-43-66)72-51-73(58-96-57-72)62-34-46-69(47-35-62)94-99-90(65-40-30-60(31-41-65)71-17-14-50-95-56-71)55-91(100-94)67-44-36-63(37-45-67)85-53-87-80-24-9-7-21-77(80)78-22-10-12-26-83(78)92(87)84-27-13-11-25-81(84)85/h1-58H. The molecule has 0 bridgehead atoms. The van der Waals surface area contributed by atoms with E-state index < -0.39 is 0 Å². The Morgan fingerprint density at radius 1 is 0.160 bits per heavy atom. The van der Waals surface area contributed by atoms with Gasteiger partial charge in [0.1, 0.15) is 0 Å². The molecular weight excluding hydrogens is 1210 g/mol. The van der Waals surface area contributed by atoms with Gasteiger partial charge in [-0.3, -0.25) is 9.97 Å². The predicted molar refractivity (Wildman–Crippen MR) is 416 cm³/mol. The highest BCUT2D eigenvalue weighted by Crippen LogP contribution is 2.45. The normalized spacial score (nSPS) is 11.6. The van der Waals surface area contributed by atoms with E-state index in [-0.39, 0.29) is 0 Å². The average molecular weight is 1270 g/mol. The summed E-state index contributed by atoms with van der Waals surface area (Å²) < 4.78 is 0. The third kappa shape index (κ3) is 10.4. The first-order chi connectivity index (χ1) is 49.5. The van der Waals surface area contributed by atoms with Crippen molar-refractivity contribution in [3.05, 3.63) is 352 Å². The van der Waals surface area contributed by atoms with E-state index in [1.807, 2.05) is 42.9 Å². The quantitative estimate of drug-likeness (QED) is 0.120. The van der Waals surface area contributed by atoms with Crippen molar-refractivity contribution in [2.75, 3.05) is 0 Å². The third-order valence-corrected chi connectivity index (χ3v) is 19.9. The van der Waals surface area contributed by atoms with Crippen molar-refractivity contribution in [2.45, 2.75) is 0 Å². The number of hydrogen-bond donors (Lipinski definition) is 0. The summed E-state index contributed by atoms with van der Waals surface area (Å²) in [5.74, 6) is 1.31. The lowest BCUT2D eigenvalue weighted by atomic mass is 9.87. The van der Waals surface area contributed by atoms with Crippen LogP contribution in [0.1, 0.15) is 0 Å². The average Bonchev–Trinajstić information content (AvgIpc) is 0.725. The summed E-state index contributed by atoms with van der Waals surface area (Å²) in [5.41, 5.74) is 20.1. The highest BCUT2D eigenvalue weighted by molar-refractivity contribution is 6.33. The molecule has 4 heterocycles. The molecule has 0 fully saturated rings. The highest BCUT2D eigenvalue weighted by Gasteiger charge is 2.19. The van der Waals surface area contributed by atoms with Gasteiger partial charge in [0.2, 0.25) is 0 Å². The van der Waals surface area contributed by atoms with Crippen LogP contribution in [-0.4, -0.2) is 29.9 Å². The lowest BCUT2D eigenvalue weighted by Gasteiger charge is -2.16. The first-order valence-electron chi connectivity index (χ1n) is 33.8. The minimum Gasteiger partial charge on any atom is -0.264 e. The van der Waals surface area contributed by atoms with E-state index in [2.05, 4.69) is 308 Å². The Labute approximate surface area is 577 Å². The molecule has 0 aliphatic heterocycles. The number of aromatic nitrogens is 6. The minimum atomic E-state index is 0.635. The maximum atomic E-state index is 5.34. The Hall–Kier alpha value is -13.4. The fourth-order valence-corrected chi connectivity index (χ4v) is 14.8. The maximum Gasteiger partial charge on any atom is 0.160 e. The van der Waals surface area contributed by atoms with E-state index in [1.54, 1.807) is 6.20 Å². The Bertz CT molecular complexity index is 6360. The summed E-state index contributed by atoms with van der Waals surface area (Å²) in [6.07, 6.45) is 7.55. The molecule has 6 heteroatoms. The summed E-state index contributed by atoms with van der Waals surface area (Å²) in [4.78, 5) is 30.2. The fraction of sp³-hybridized carbons (Fsp3) is 0. The molecule has 0 saturated carbocycles. The molecule has 464 valence electrons. The van der Waals surface area contributed by atoms with E-state index >= 15 is 0 Å². The smallest absolute Gasteiger partial charge is 0.160 e. The van der Waals surface area contributed by atoms with Gasteiger partial charge in [-0.15, -0.1) is 0 Å². The van der Waals surface area contributed by atoms with Crippen LogP contribution in [0.25, 0.3) is 199 Å². The van der Waals surface area contributed by atoms with E-state index in [9.17, 15) is 0 Å². The van der Waals surface area contributed by atoms with Gasteiger partial charge in [-0.1, -0.05) is 291 Å². The monoisotopic (exact) mass is 1270 g/mol. The maximum absolute atomic E-state index is 5.34. The molecule has 19 rings (SSSR count). The summed E-state index contributed by atoms with van der Waals surface area (Å²) in [6, 6.07) is 117. The van der Waals surface area contributed by atoms with Crippen LogP contribution >= 0.6 is 0 Å². The molecule has 15 aromatic carbocycles. The van der Waals surface area contributed by atoms with Crippen LogP contribution in [0.2, 0.25) is 0 Å². The molecule has 0 radical (unpaired) electrons. The zero-order valence-corrected chi connectivity index (χ0v) is 54.2. The Kier molecular flexibility index (Phi) is 14.1. The molecule has 0 aliphatic carbocycles. The van der Waals surface area contributed by atoms with Crippen molar-refractivity contribution in [2.24, 2.45) is 0 Å². The van der Waals surface area contributed by atoms with Crippen molar-refractivity contribution in [3.63, 3.8) is 0 Å². The van der Waals surface area contributed by atoms with Crippen LogP contribution in [0.15, 0.2) is 352 Å². The fourth-order valence-electron chi connectivity index (χ4n) is 14.8. The van der Waals surface area contributed by atoms with Crippen LogP contribution in [0.4, 0.5) is 0 Å². The predicted octanol–water partition coefficient (Wildman–Crippen LogP) is 24.5. The molecule has 100 heavy (non-hydrogen) atoms. The summed E-state index contributed by atoms with van der Waals surface area (Å²) in [7, 11) is 0. The van der Waals surface area contributed by atoms with Crippen LogP contribution in [0.3, 0.4) is 0 Å². The first kappa shape index (κ1) is 58.0. The topological polar surface area (TPSA) is 77.3 Å². The molecule has 0 spiro atoms. The molecule has 6 nitrogen and oxygen atoms in total. The summed E-state index contributed by atoms with van der Waals surface area (Å²) >= 11 is 0. The Morgan fingerprint density at radius 3 is 0.950 bits per heavy atom. The van der Waals surface area contributed by atoms with Crippen molar-refractivity contribution < 1.29 is 0 Å².